The van der Waals surface area contributed by atoms with E-state index in [0.717, 1.165) is 10.9 Å². The minimum absolute atomic E-state index is 0.150. The summed E-state index contributed by atoms with van der Waals surface area (Å²) in [6.45, 7) is 0. The number of aromatic nitrogens is 4. The van der Waals surface area contributed by atoms with Crippen LogP contribution in [0.3, 0.4) is 0 Å². The fourth-order valence-corrected chi connectivity index (χ4v) is 1.97. The number of para-hydroxylation sites is 1. The van der Waals surface area contributed by atoms with Crippen LogP contribution in [0.1, 0.15) is 0 Å². The number of hydrogen-bond donors (Lipinski definition) is 1. The van der Waals surface area contributed by atoms with Crippen LogP contribution in [0.4, 0.5) is 0 Å². The van der Waals surface area contributed by atoms with Crippen molar-refractivity contribution >= 4 is 34.1 Å². The van der Waals surface area contributed by atoms with Crippen molar-refractivity contribution in [3.8, 4) is 11.4 Å². The van der Waals surface area contributed by atoms with E-state index in [4.69, 9.17) is 23.2 Å². The van der Waals surface area contributed by atoms with Crippen LogP contribution in [0.2, 0.25) is 10.3 Å². The molecule has 0 bridgehead atoms. The number of benzene rings is 1. The SMILES string of the molecule is Clc1ncc(Cl)c(-c2n[nH]c3ccccc23)n1. The maximum atomic E-state index is 6.05. The van der Waals surface area contributed by atoms with E-state index in [2.05, 4.69) is 20.2 Å². The van der Waals surface area contributed by atoms with E-state index in [-0.39, 0.29) is 5.28 Å². The first-order valence-electron chi connectivity index (χ1n) is 4.87. The van der Waals surface area contributed by atoms with Crippen LogP contribution in [0.15, 0.2) is 30.5 Å². The summed E-state index contributed by atoms with van der Waals surface area (Å²) in [4.78, 5) is 7.92. The molecule has 0 aliphatic heterocycles. The molecule has 6 heteroatoms. The quantitative estimate of drug-likeness (QED) is 0.686. The Balaban J connectivity index is 2.31. The lowest BCUT2D eigenvalue weighted by molar-refractivity contribution is 1.10. The molecule has 4 nitrogen and oxygen atoms in total. The lowest BCUT2D eigenvalue weighted by Gasteiger charge is -2.00. The van der Waals surface area contributed by atoms with Crippen LogP contribution in [0.25, 0.3) is 22.3 Å². The summed E-state index contributed by atoms with van der Waals surface area (Å²) in [5, 5.41) is 8.65. The predicted octanol–water partition coefficient (Wildman–Crippen LogP) is 3.33. The molecule has 3 rings (SSSR count). The maximum Gasteiger partial charge on any atom is 0.223 e. The molecule has 0 amide bonds. The highest BCUT2D eigenvalue weighted by atomic mass is 35.5. The zero-order chi connectivity index (χ0) is 11.8. The van der Waals surface area contributed by atoms with Crippen LogP contribution >= 0.6 is 23.2 Å². The summed E-state index contributed by atoms with van der Waals surface area (Å²) in [5.74, 6) is 0. The molecule has 1 N–H and O–H groups in total. The summed E-state index contributed by atoms with van der Waals surface area (Å²) >= 11 is 11.8. The Morgan fingerprint density at radius 3 is 2.76 bits per heavy atom. The van der Waals surface area contributed by atoms with Crippen LogP contribution in [0, 0.1) is 0 Å². The second-order valence-corrected chi connectivity index (χ2v) is 4.20. The van der Waals surface area contributed by atoms with Crippen molar-refractivity contribution < 1.29 is 0 Å². The number of fused-ring (bicyclic) bond motifs is 1. The van der Waals surface area contributed by atoms with E-state index in [9.17, 15) is 0 Å². The first-order chi connectivity index (χ1) is 8.25. The molecule has 0 saturated carbocycles. The van der Waals surface area contributed by atoms with Gasteiger partial charge in [-0.25, -0.2) is 9.97 Å². The van der Waals surface area contributed by atoms with Gasteiger partial charge in [0.2, 0.25) is 5.28 Å². The van der Waals surface area contributed by atoms with E-state index in [1.165, 1.54) is 6.20 Å². The van der Waals surface area contributed by atoms with Crippen LogP contribution in [-0.4, -0.2) is 20.2 Å². The Morgan fingerprint density at radius 2 is 1.88 bits per heavy atom. The second-order valence-electron chi connectivity index (χ2n) is 3.45. The highest BCUT2D eigenvalue weighted by Gasteiger charge is 2.13. The highest BCUT2D eigenvalue weighted by molar-refractivity contribution is 6.34. The van der Waals surface area contributed by atoms with E-state index in [1.54, 1.807) is 0 Å². The van der Waals surface area contributed by atoms with Gasteiger partial charge in [-0.2, -0.15) is 5.10 Å². The van der Waals surface area contributed by atoms with E-state index < -0.39 is 0 Å². The van der Waals surface area contributed by atoms with Gasteiger partial charge in [0.1, 0.15) is 11.4 Å². The number of H-pyrrole nitrogens is 1. The number of nitrogens with one attached hydrogen (secondary N) is 1. The van der Waals surface area contributed by atoms with E-state index in [1.807, 2.05) is 24.3 Å². The molecule has 0 radical (unpaired) electrons. The van der Waals surface area contributed by atoms with Crippen molar-refractivity contribution in [3.63, 3.8) is 0 Å². The minimum atomic E-state index is 0.150. The van der Waals surface area contributed by atoms with Gasteiger partial charge in [-0.15, -0.1) is 0 Å². The molecule has 0 unspecified atom stereocenters. The monoisotopic (exact) mass is 264 g/mol. The molecule has 0 spiro atoms. The lowest BCUT2D eigenvalue weighted by atomic mass is 10.1. The molecule has 2 heterocycles. The third-order valence-corrected chi connectivity index (χ3v) is 2.87. The smallest absolute Gasteiger partial charge is 0.223 e. The van der Waals surface area contributed by atoms with E-state index in [0.29, 0.717) is 16.4 Å². The fraction of sp³-hybridized carbons (Fsp3) is 0. The molecule has 0 aliphatic rings. The second kappa shape index (κ2) is 3.98. The van der Waals surface area contributed by atoms with Crippen LogP contribution in [-0.2, 0) is 0 Å². The van der Waals surface area contributed by atoms with Gasteiger partial charge in [-0.05, 0) is 17.7 Å². The molecular weight excluding hydrogens is 259 g/mol. The third-order valence-electron chi connectivity index (χ3n) is 2.41. The summed E-state index contributed by atoms with van der Waals surface area (Å²) in [6.07, 6.45) is 1.47. The molecule has 84 valence electrons. The summed E-state index contributed by atoms with van der Waals surface area (Å²) in [7, 11) is 0. The fourth-order valence-electron chi connectivity index (χ4n) is 1.66. The zero-order valence-corrected chi connectivity index (χ0v) is 10.00. The number of nitrogens with zero attached hydrogens (tertiary/aromatic N) is 3. The van der Waals surface area contributed by atoms with Gasteiger partial charge >= 0.3 is 0 Å². The first-order valence-corrected chi connectivity index (χ1v) is 5.63. The Hall–Kier alpha value is -1.65. The minimum Gasteiger partial charge on any atom is -0.277 e. The number of halogens is 2. The van der Waals surface area contributed by atoms with Gasteiger partial charge in [-0.1, -0.05) is 29.8 Å². The van der Waals surface area contributed by atoms with Crippen LogP contribution in [0.5, 0.6) is 0 Å². The molecular formula is C11H6Cl2N4. The molecule has 3 aromatic rings. The molecule has 0 atom stereocenters. The normalized spacial score (nSPS) is 10.9. The van der Waals surface area contributed by atoms with Gasteiger partial charge < -0.3 is 0 Å². The van der Waals surface area contributed by atoms with Gasteiger partial charge in [0, 0.05) is 5.39 Å². The van der Waals surface area contributed by atoms with E-state index >= 15 is 0 Å². The maximum absolute atomic E-state index is 6.05. The highest BCUT2D eigenvalue weighted by Crippen LogP contribution is 2.29. The average molecular weight is 265 g/mol. The Kier molecular flexibility index (Phi) is 2.46. The lowest BCUT2D eigenvalue weighted by Crippen LogP contribution is -1.89. The summed E-state index contributed by atoms with van der Waals surface area (Å²) < 4.78 is 0. The molecule has 0 fully saturated rings. The zero-order valence-electron chi connectivity index (χ0n) is 8.48. The first kappa shape index (κ1) is 10.5. The summed E-state index contributed by atoms with van der Waals surface area (Å²) in [5.41, 5.74) is 2.13. The van der Waals surface area contributed by atoms with Crippen molar-refractivity contribution in [2.75, 3.05) is 0 Å². The Labute approximate surface area is 107 Å². The number of aromatic amines is 1. The largest absolute Gasteiger partial charge is 0.277 e. The van der Waals surface area contributed by atoms with Crippen molar-refractivity contribution in [2.24, 2.45) is 0 Å². The molecule has 0 aliphatic carbocycles. The molecule has 2 aromatic heterocycles. The number of rotatable bonds is 1. The van der Waals surface area contributed by atoms with Gasteiger partial charge in [-0.3, -0.25) is 5.10 Å². The molecule has 0 saturated heterocycles. The van der Waals surface area contributed by atoms with Gasteiger partial charge in [0.05, 0.1) is 16.7 Å². The molecule has 17 heavy (non-hydrogen) atoms. The standard InChI is InChI=1S/C11H6Cl2N4/c12-7-5-14-11(13)15-10(7)9-6-3-1-2-4-8(6)16-17-9/h1-5H,(H,16,17). The van der Waals surface area contributed by atoms with Crippen LogP contribution < -0.4 is 0 Å². The van der Waals surface area contributed by atoms with Gasteiger partial charge in [0.15, 0.2) is 0 Å². The van der Waals surface area contributed by atoms with Crippen molar-refractivity contribution in [1.82, 2.24) is 20.2 Å². The molecule has 1 aromatic carbocycles. The van der Waals surface area contributed by atoms with Gasteiger partial charge in [0.25, 0.3) is 0 Å². The Bertz CT molecular complexity index is 693. The van der Waals surface area contributed by atoms with Crippen molar-refractivity contribution in [1.29, 1.82) is 0 Å². The third kappa shape index (κ3) is 1.75. The predicted molar refractivity (Wildman–Crippen MR) is 67.1 cm³/mol. The summed E-state index contributed by atoms with van der Waals surface area (Å²) in [6, 6.07) is 7.74. The van der Waals surface area contributed by atoms with Crippen molar-refractivity contribution in [2.45, 2.75) is 0 Å². The topological polar surface area (TPSA) is 54.5 Å². The Morgan fingerprint density at radius 1 is 1.06 bits per heavy atom. The average Bonchev–Trinajstić information content (AvgIpc) is 2.76. The number of hydrogen-bond acceptors (Lipinski definition) is 3. The van der Waals surface area contributed by atoms with Crippen molar-refractivity contribution in [3.05, 3.63) is 40.8 Å².